The Labute approximate surface area is 196 Å². The molecule has 0 aliphatic rings. The van der Waals surface area contributed by atoms with Gasteiger partial charge in [-0.1, -0.05) is 12.1 Å². The minimum absolute atomic E-state index is 0.0114. The van der Waals surface area contributed by atoms with Crippen molar-refractivity contribution in [3.05, 3.63) is 75.2 Å². The van der Waals surface area contributed by atoms with Crippen molar-refractivity contribution in [3.63, 3.8) is 0 Å². The van der Waals surface area contributed by atoms with Crippen molar-refractivity contribution in [1.29, 1.82) is 0 Å². The summed E-state index contributed by atoms with van der Waals surface area (Å²) >= 11 is 0. The third-order valence-corrected chi connectivity index (χ3v) is 5.74. The quantitative estimate of drug-likeness (QED) is 0.292. The van der Waals surface area contributed by atoms with Gasteiger partial charge >= 0.3 is 5.97 Å². The first-order valence-electron chi connectivity index (χ1n) is 10.5. The van der Waals surface area contributed by atoms with Crippen molar-refractivity contribution in [1.82, 2.24) is 4.57 Å². The van der Waals surface area contributed by atoms with E-state index in [1.54, 1.807) is 19.1 Å². The van der Waals surface area contributed by atoms with Crippen LogP contribution in [0.5, 0.6) is 28.7 Å². The minimum Gasteiger partial charge on any atom is -0.507 e. The molecule has 0 fully saturated rings. The lowest BCUT2D eigenvalue weighted by Gasteiger charge is -2.21. The summed E-state index contributed by atoms with van der Waals surface area (Å²) in [5.74, 6) is -2.15. The second-order valence-corrected chi connectivity index (χ2v) is 7.88. The molecule has 0 saturated heterocycles. The number of hydrogen-bond acceptors (Lipinski definition) is 8. The number of carbonyl (C=O) groups is 1. The van der Waals surface area contributed by atoms with Crippen LogP contribution in [0.2, 0.25) is 0 Å². The number of nitrogens with zero attached hydrogens (tertiary/aromatic N) is 1. The lowest BCUT2D eigenvalue weighted by molar-refractivity contribution is -0.140. The van der Waals surface area contributed by atoms with Gasteiger partial charge in [0.05, 0.1) is 26.2 Å². The Kier molecular flexibility index (Phi) is 7.35. The van der Waals surface area contributed by atoms with Crippen molar-refractivity contribution < 1.29 is 34.7 Å². The van der Waals surface area contributed by atoms with Gasteiger partial charge in [-0.25, -0.2) is 0 Å². The van der Waals surface area contributed by atoms with Crippen LogP contribution in [0, 0.1) is 6.92 Å². The maximum absolute atomic E-state index is 13.5. The number of pyridine rings is 1. The molecule has 180 valence electrons. The number of rotatable bonds is 8. The lowest BCUT2D eigenvalue weighted by Crippen LogP contribution is -2.29. The van der Waals surface area contributed by atoms with Crippen LogP contribution < -0.4 is 10.3 Å². The van der Waals surface area contributed by atoms with E-state index >= 15 is 0 Å². The summed E-state index contributed by atoms with van der Waals surface area (Å²) in [5, 5.41) is 39.9. The minimum atomic E-state index is -0.862. The molecule has 3 rings (SSSR count). The molecule has 1 aromatic heterocycles. The zero-order valence-corrected chi connectivity index (χ0v) is 19.1. The summed E-state index contributed by atoms with van der Waals surface area (Å²) < 4.78 is 11.4. The van der Waals surface area contributed by atoms with Gasteiger partial charge in [-0.15, -0.1) is 0 Å². The van der Waals surface area contributed by atoms with E-state index < -0.39 is 17.4 Å². The van der Waals surface area contributed by atoms with Crippen molar-refractivity contribution >= 4 is 5.97 Å². The highest BCUT2D eigenvalue weighted by atomic mass is 16.5. The molecule has 1 heterocycles. The topological polar surface area (TPSA) is 138 Å². The van der Waals surface area contributed by atoms with Crippen LogP contribution in [0.25, 0.3) is 0 Å². The first-order chi connectivity index (χ1) is 16.2. The van der Waals surface area contributed by atoms with E-state index in [2.05, 4.69) is 0 Å². The zero-order chi connectivity index (χ0) is 25.0. The van der Waals surface area contributed by atoms with E-state index in [-0.39, 0.29) is 47.3 Å². The molecule has 9 nitrogen and oxygen atoms in total. The summed E-state index contributed by atoms with van der Waals surface area (Å²) in [4.78, 5) is 25.7. The molecule has 2 aromatic carbocycles. The number of aromatic hydroxyl groups is 4. The molecule has 0 unspecified atom stereocenters. The van der Waals surface area contributed by atoms with Gasteiger partial charge < -0.3 is 34.5 Å². The Morgan fingerprint density at radius 3 is 2.29 bits per heavy atom. The number of benzene rings is 2. The number of esters is 1. The smallest absolute Gasteiger partial charge is 0.306 e. The number of phenolic OH excluding ortho intramolecular Hbond substituents is 3. The summed E-state index contributed by atoms with van der Waals surface area (Å²) in [6, 6.07) is 10.3. The Morgan fingerprint density at radius 2 is 1.65 bits per heavy atom. The van der Waals surface area contributed by atoms with Crippen LogP contribution in [-0.2, 0) is 22.5 Å². The van der Waals surface area contributed by atoms with E-state index in [9.17, 15) is 30.0 Å². The van der Waals surface area contributed by atoms with Gasteiger partial charge in [0.2, 0.25) is 0 Å². The van der Waals surface area contributed by atoms with Crippen molar-refractivity contribution in [2.45, 2.75) is 32.2 Å². The molecular weight excluding hydrogens is 442 g/mol. The highest BCUT2D eigenvalue weighted by Crippen LogP contribution is 2.36. The second-order valence-electron chi connectivity index (χ2n) is 7.88. The SMILES string of the molecule is COC(=O)C[C@H](c1ccc(O)c(OC)c1)c1c(O)cc(C)n(CCc2ccc(O)c(O)c2)c1=O. The molecule has 9 heteroatoms. The second kappa shape index (κ2) is 10.2. The lowest BCUT2D eigenvalue weighted by atomic mass is 9.88. The van der Waals surface area contributed by atoms with Gasteiger partial charge in [0.15, 0.2) is 23.0 Å². The molecule has 0 spiro atoms. The average molecular weight is 469 g/mol. The molecule has 34 heavy (non-hydrogen) atoms. The molecule has 0 aliphatic heterocycles. The van der Waals surface area contributed by atoms with Crippen LogP contribution in [0.3, 0.4) is 0 Å². The number of methoxy groups -OCH3 is 2. The molecule has 0 saturated carbocycles. The number of aryl methyl sites for hydroxylation is 2. The highest BCUT2D eigenvalue weighted by molar-refractivity contribution is 5.71. The number of ether oxygens (including phenoxy) is 2. The van der Waals surface area contributed by atoms with Gasteiger partial charge in [0.25, 0.3) is 5.56 Å². The van der Waals surface area contributed by atoms with Crippen LogP contribution in [-0.4, -0.2) is 45.2 Å². The predicted octanol–water partition coefficient (Wildman–Crippen LogP) is 2.93. The van der Waals surface area contributed by atoms with E-state index in [1.807, 2.05) is 0 Å². The number of phenols is 3. The fourth-order valence-corrected chi connectivity index (χ4v) is 3.89. The highest BCUT2D eigenvalue weighted by Gasteiger charge is 2.27. The Balaban J connectivity index is 2.07. The zero-order valence-electron chi connectivity index (χ0n) is 19.1. The van der Waals surface area contributed by atoms with E-state index in [1.165, 1.54) is 49.1 Å². The predicted molar refractivity (Wildman–Crippen MR) is 124 cm³/mol. The van der Waals surface area contributed by atoms with E-state index in [0.29, 0.717) is 23.2 Å². The van der Waals surface area contributed by atoms with Gasteiger partial charge in [0, 0.05) is 18.2 Å². The van der Waals surface area contributed by atoms with Gasteiger partial charge in [0.1, 0.15) is 5.75 Å². The summed E-state index contributed by atoms with van der Waals surface area (Å²) in [7, 11) is 2.61. The molecule has 0 radical (unpaired) electrons. The molecule has 4 N–H and O–H groups in total. The summed E-state index contributed by atoms with van der Waals surface area (Å²) in [6.45, 7) is 1.91. The van der Waals surface area contributed by atoms with Crippen LogP contribution in [0.1, 0.15) is 34.7 Å². The van der Waals surface area contributed by atoms with Crippen molar-refractivity contribution in [2.24, 2.45) is 0 Å². The normalized spacial score (nSPS) is 11.7. The largest absolute Gasteiger partial charge is 0.507 e. The van der Waals surface area contributed by atoms with Gasteiger partial charge in [-0.3, -0.25) is 9.59 Å². The van der Waals surface area contributed by atoms with Gasteiger partial charge in [-0.2, -0.15) is 0 Å². The molecule has 0 aliphatic carbocycles. The number of carbonyl (C=O) groups excluding carboxylic acids is 1. The third-order valence-electron chi connectivity index (χ3n) is 5.74. The maximum atomic E-state index is 13.5. The number of hydrogen-bond donors (Lipinski definition) is 4. The third kappa shape index (κ3) is 5.09. The van der Waals surface area contributed by atoms with Crippen molar-refractivity contribution in [3.8, 4) is 28.7 Å². The standard InChI is InChI=1S/C25H27NO8/c1-14-10-21(30)24(25(32)26(14)9-8-15-4-6-18(27)20(29)11-15)17(13-23(31)34-3)16-5-7-19(28)22(12-16)33-2/h4-7,10-12,17,27-30H,8-9,13H2,1-3H3/t17-/m1/s1. The van der Waals surface area contributed by atoms with Crippen LogP contribution in [0.15, 0.2) is 47.3 Å². The Bertz CT molecular complexity index is 1260. The first-order valence-corrected chi connectivity index (χ1v) is 10.5. The molecular formula is C25H27NO8. The Hall–Kier alpha value is -4.14. The van der Waals surface area contributed by atoms with Crippen LogP contribution in [0.4, 0.5) is 0 Å². The first kappa shape index (κ1) is 24.5. The molecule has 3 aromatic rings. The average Bonchev–Trinajstić information content (AvgIpc) is 2.80. The fourth-order valence-electron chi connectivity index (χ4n) is 3.89. The molecule has 1 atom stereocenters. The molecule has 0 bridgehead atoms. The Morgan fingerprint density at radius 1 is 0.941 bits per heavy atom. The van der Waals surface area contributed by atoms with Gasteiger partial charge in [-0.05, 0) is 54.8 Å². The monoisotopic (exact) mass is 469 g/mol. The summed E-state index contributed by atoms with van der Waals surface area (Å²) in [6.07, 6.45) is 0.148. The van der Waals surface area contributed by atoms with E-state index in [4.69, 9.17) is 9.47 Å². The number of aromatic nitrogens is 1. The maximum Gasteiger partial charge on any atom is 0.306 e. The summed E-state index contributed by atoms with van der Waals surface area (Å²) in [5.41, 5.74) is 1.21. The molecule has 0 amide bonds. The van der Waals surface area contributed by atoms with Crippen molar-refractivity contribution in [2.75, 3.05) is 14.2 Å². The fraction of sp³-hybridized carbons (Fsp3) is 0.280. The van der Waals surface area contributed by atoms with Crippen LogP contribution >= 0.6 is 0 Å². The van der Waals surface area contributed by atoms with E-state index in [0.717, 1.165) is 0 Å².